The predicted molar refractivity (Wildman–Crippen MR) is 36.1 cm³/mol. The lowest BCUT2D eigenvalue weighted by molar-refractivity contribution is 0.0525. The number of alkyl halides is 2. The summed E-state index contributed by atoms with van der Waals surface area (Å²) in [5.74, 6) is 0. The number of hydrogen-bond donors (Lipinski definition) is 1. The molecule has 0 spiro atoms. The SMILES string of the molecule is C[C@H](N)c1ccnn1C(F)F. The van der Waals surface area contributed by atoms with Gasteiger partial charge in [0.2, 0.25) is 0 Å². The quantitative estimate of drug-likeness (QED) is 0.710. The molecule has 1 atom stereocenters. The molecule has 1 rings (SSSR count). The van der Waals surface area contributed by atoms with Crippen molar-refractivity contribution in [2.45, 2.75) is 19.5 Å². The Hall–Kier alpha value is -0.970. The highest BCUT2D eigenvalue weighted by Crippen LogP contribution is 2.16. The molecular formula is C6H9F2N3. The van der Waals surface area contributed by atoms with Crippen LogP contribution in [-0.4, -0.2) is 9.78 Å². The molecule has 0 saturated carbocycles. The Morgan fingerprint density at radius 3 is 2.64 bits per heavy atom. The summed E-state index contributed by atoms with van der Waals surface area (Å²) in [6, 6.07) is 1.07. The number of aromatic nitrogens is 2. The first-order valence-electron chi connectivity index (χ1n) is 3.20. The molecule has 0 saturated heterocycles. The molecule has 62 valence electrons. The van der Waals surface area contributed by atoms with Crippen LogP contribution in [0, 0.1) is 0 Å². The van der Waals surface area contributed by atoms with E-state index in [1.807, 2.05) is 0 Å². The molecule has 0 aliphatic rings. The van der Waals surface area contributed by atoms with Crippen LogP contribution >= 0.6 is 0 Å². The molecule has 1 aromatic heterocycles. The van der Waals surface area contributed by atoms with Gasteiger partial charge in [0.15, 0.2) is 0 Å². The van der Waals surface area contributed by atoms with E-state index in [1.165, 1.54) is 12.3 Å². The summed E-state index contributed by atoms with van der Waals surface area (Å²) in [6.45, 7) is -0.971. The van der Waals surface area contributed by atoms with E-state index < -0.39 is 12.6 Å². The molecule has 0 aliphatic carbocycles. The third kappa shape index (κ3) is 1.54. The van der Waals surface area contributed by atoms with Crippen LogP contribution in [0.2, 0.25) is 0 Å². The topological polar surface area (TPSA) is 43.8 Å². The molecular weight excluding hydrogens is 152 g/mol. The van der Waals surface area contributed by atoms with E-state index >= 15 is 0 Å². The van der Waals surface area contributed by atoms with Gasteiger partial charge in [-0.3, -0.25) is 0 Å². The lowest BCUT2D eigenvalue weighted by Gasteiger charge is -2.07. The van der Waals surface area contributed by atoms with Crippen molar-refractivity contribution in [3.05, 3.63) is 18.0 Å². The minimum Gasteiger partial charge on any atom is -0.323 e. The molecule has 0 unspecified atom stereocenters. The highest BCUT2D eigenvalue weighted by Gasteiger charge is 2.13. The molecule has 0 bridgehead atoms. The van der Waals surface area contributed by atoms with Gasteiger partial charge in [0.1, 0.15) is 0 Å². The fourth-order valence-corrected chi connectivity index (χ4v) is 0.848. The van der Waals surface area contributed by atoms with Gasteiger partial charge in [0, 0.05) is 12.2 Å². The molecule has 3 nitrogen and oxygen atoms in total. The Labute approximate surface area is 62.8 Å². The number of nitrogens with two attached hydrogens (primary N) is 1. The van der Waals surface area contributed by atoms with Crippen LogP contribution in [0.4, 0.5) is 8.78 Å². The van der Waals surface area contributed by atoms with E-state index in [0.717, 1.165) is 0 Å². The van der Waals surface area contributed by atoms with E-state index in [1.54, 1.807) is 6.92 Å². The average molecular weight is 161 g/mol. The summed E-state index contributed by atoms with van der Waals surface area (Å²) in [5.41, 5.74) is 5.75. The van der Waals surface area contributed by atoms with E-state index in [-0.39, 0.29) is 0 Å². The zero-order valence-corrected chi connectivity index (χ0v) is 6.04. The Morgan fingerprint density at radius 2 is 2.27 bits per heavy atom. The van der Waals surface area contributed by atoms with Crippen molar-refractivity contribution in [3.63, 3.8) is 0 Å². The van der Waals surface area contributed by atoms with Gasteiger partial charge in [-0.2, -0.15) is 13.9 Å². The zero-order chi connectivity index (χ0) is 8.43. The maximum absolute atomic E-state index is 12.1. The third-order valence-electron chi connectivity index (χ3n) is 1.35. The second-order valence-electron chi connectivity index (χ2n) is 2.27. The fourth-order valence-electron chi connectivity index (χ4n) is 0.848. The summed E-state index contributed by atoms with van der Waals surface area (Å²) in [4.78, 5) is 0. The maximum Gasteiger partial charge on any atom is 0.333 e. The van der Waals surface area contributed by atoms with E-state index in [4.69, 9.17) is 5.73 Å². The first-order chi connectivity index (χ1) is 5.13. The highest BCUT2D eigenvalue weighted by atomic mass is 19.3. The molecule has 0 radical (unpaired) electrons. The third-order valence-corrected chi connectivity index (χ3v) is 1.35. The second-order valence-corrected chi connectivity index (χ2v) is 2.27. The average Bonchev–Trinajstić information content (AvgIpc) is 2.32. The van der Waals surface area contributed by atoms with Crippen LogP contribution in [0.1, 0.15) is 25.2 Å². The van der Waals surface area contributed by atoms with Crippen LogP contribution < -0.4 is 5.73 Å². The van der Waals surface area contributed by atoms with Gasteiger partial charge in [-0.1, -0.05) is 0 Å². The van der Waals surface area contributed by atoms with Gasteiger partial charge in [0.25, 0.3) is 0 Å². The normalized spacial score (nSPS) is 13.9. The number of rotatable bonds is 2. The molecule has 0 amide bonds. The smallest absolute Gasteiger partial charge is 0.323 e. The van der Waals surface area contributed by atoms with Crippen LogP contribution in [0.15, 0.2) is 12.3 Å². The number of halogens is 2. The van der Waals surface area contributed by atoms with Gasteiger partial charge in [0.05, 0.1) is 5.69 Å². The van der Waals surface area contributed by atoms with Crippen LogP contribution in [0.5, 0.6) is 0 Å². The van der Waals surface area contributed by atoms with Gasteiger partial charge in [-0.15, -0.1) is 0 Å². The van der Waals surface area contributed by atoms with Gasteiger partial charge in [-0.25, -0.2) is 4.68 Å². The molecule has 11 heavy (non-hydrogen) atoms. The lowest BCUT2D eigenvalue weighted by atomic mass is 10.2. The largest absolute Gasteiger partial charge is 0.333 e. The minimum atomic E-state index is -2.61. The lowest BCUT2D eigenvalue weighted by Crippen LogP contribution is -2.13. The summed E-state index contributed by atoms with van der Waals surface area (Å²) in [6.07, 6.45) is 1.31. The second kappa shape index (κ2) is 2.96. The Bertz CT molecular complexity index is 209. The molecule has 1 heterocycles. The summed E-state index contributed by atoms with van der Waals surface area (Å²) in [5, 5.41) is 3.42. The van der Waals surface area contributed by atoms with Crippen molar-refractivity contribution in [2.24, 2.45) is 5.73 Å². The molecule has 2 N–H and O–H groups in total. The first-order valence-corrected chi connectivity index (χ1v) is 3.20. The Balaban J connectivity index is 2.96. The zero-order valence-electron chi connectivity index (χ0n) is 6.04. The van der Waals surface area contributed by atoms with Crippen molar-refractivity contribution in [2.75, 3.05) is 0 Å². The highest BCUT2D eigenvalue weighted by molar-refractivity contribution is 5.04. The summed E-state index contributed by atoms with van der Waals surface area (Å²) in [7, 11) is 0. The summed E-state index contributed by atoms with van der Waals surface area (Å²) < 4.78 is 24.7. The van der Waals surface area contributed by atoms with Crippen molar-refractivity contribution in [1.82, 2.24) is 9.78 Å². The van der Waals surface area contributed by atoms with Crippen molar-refractivity contribution in [1.29, 1.82) is 0 Å². The van der Waals surface area contributed by atoms with Gasteiger partial charge >= 0.3 is 6.55 Å². The minimum absolute atomic E-state index is 0.347. The van der Waals surface area contributed by atoms with Gasteiger partial charge < -0.3 is 5.73 Å². The molecule has 0 aromatic carbocycles. The van der Waals surface area contributed by atoms with Crippen molar-refractivity contribution < 1.29 is 8.78 Å². The standard InChI is InChI=1S/C6H9F2N3/c1-4(9)5-2-3-10-11(5)6(7)8/h2-4,6H,9H2,1H3/t4-/m0/s1. The number of hydrogen-bond acceptors (Lipinski definition) is 2. The summed E-state index contributed by atoms with van der Waals surface area (Å²) >= 11 is 0. The van der Waals surface area contributed by atoms with Crippen molar-refractivity contribution >= 4 is 0 Å². The fraction of sp³-hybridized carbons (Fsp3) is 0.500. The van der Waals surface area contributed by atoms with Crippen LogP contribution in [0.25, 0.3) is 0 Å². The van der Waals surface area contributed by atoms with Crippen LogP contribution in [-0.2, 0) is 0 Å². The van der Waals surface area contributed by atoms with Gasteiger partial charge in [-0.05, 0) is 13.0 Å². The van der Waals surface area contributed by atoms with E-state index in [9.17, 15) is 8.78 Å². The van der Waals surface area contributed by atoms with E-state index in [0.29, 0.717) is 10.4 Å². The van der Waals surface area contributed by atoms with Crippen LogP contribution in [0.3, 0.4) is 0 Å². The van der Waals surface area contributed by atoms with Crippen molar-refractivity contribution in [3.8, 4) is 0 Å². The first kappa shape index (κ1) is 8.13. The molecule has 5 heteroatoms. The Morgan fingerprint density at radius 1 is 1.64 bits per heavy atom. The molecule has 0 fully saturated rings. The monoisotopic (exact) mass is 161 g/mol. The Kier molecular flexibility index (Phi) is 2.19. The predicted octanol–water partition coefficient (Wildman–Crippen LogP) is 1.30. The number of nitrogens with zero attached hydrogens (tertiary/aromatic N) is 2. The maximum atomic E-state index is 12.1. The van der Waals surface area contributed by atoms with E-state index in [2.05, 4.69) is 5.10 Å². The molecule has 0 aliphatic heterocycles. The molecule has 1 aromatic rings.